The van der Waals surface area contributed by atoms with Crippen LogP contribution in [0, 0.1) is 5.92 Å². The Bertz CT molecular complexity index is 297. The summed E-state index contributed by atoms with van der Waals surface area (Å²) in [4.78, 5) is 0. The number of hydrogen-bond acceptors (Lipinski definition) is 3. The largest absolute Gasteiger partial charge is 0.380 e. The third-order valence-electron chi connectivity index (χ3n) is 2.57. The molecular formula is C13H25N3O. The first-order valence-corrected chi connectivity index (χ1v) is 6.52. The monoisotopic (exact) mass is 239 g/mol. The molecule has 1 aromatic rings. The van der Waals surface area contributed by atoms with Gasteiger partial charge >= 0.3 is 0 Å². The summed E-state index contributed by atoms with van der Waals surface area (Å²) in [5.74, 6) is 0.714. The van der Waals surface area contributed by atoms with Crippen LogP contribution in [0.5, 0.6) is 0 Å². The fourth-order valence-electron chi connectivity index (χ4n) is 1.47. The Hall–Kier alpha value is -0.870. The van der Waals surface area contributed by atoms with E-state index in [0.717, 1.165) is 39.3 Å². The highest BCUT2D eigenvalue weighted by Crippen LogP contribution is 2.00. The topological polar surface area (TPSA) is 39.1 Å². The maximum Gasteiger partial charge on any atom is 0.0662 e. The molecule has 1 N–H and O–H groups in total. The number of hydrogen-bond donors (Lipinski definition) is 1. The van der Waals surface area contributed by atoms with Crippen LogP contribution < -0.4 is 5.32 Å². The Kier molecular flexibility index (Phi) is 6.89. The highest BCUT2D eigenvalue weighted by atomic mass is 16.5. The second kappa shape index (κ2) is 8.25. The van der Waals surface area contributed by atoms with Gasteiger partial charge in [0.05, 0.1) is 19.3 Å². The van der Waals surface area contributed by atoms with Crippen molar-refractivity contribution in [2.24, 2.45) is 5.92 Å². The predicted molar refractivity (Wildman–Crippen MR) is 69.9 cm³/mol. The van der Waals surface area contributed by atoms with Crippen LogP contribution in [0.3, 0.4) is 0 Å². The Morgan fingerprint density at radius 3 is 2.94 bits per heavy atom. The van der Waals surface area contributed by atoms with E-state index in [1.165, 1.54) is 5.56 Å². The minimum Gasteiger partial charge on any atom is -0.380 e. The van der Waals surface area contributed by atoms with Gasteiger partial charge in [-0.25, -0.2) is 0 Å². The van der Waals surface area contributed by atoms with E-state index in [1.807, 2.05) is 10.9 Å². The highest BCUT2D eigenvalue weighted by Gasteiger charge is 1.98. The van der Waals surface area contributed by atoms with Gasteiger partial charge in [0, 0.05) is 24.9 Å². The number of nitrogens with one attached hydrogen (secondary N) is 1. The molecule has 0 unspecified atom stereocenters. The fourth-order valence-corrected chi connectivity index (χ4v) is 1.47. The molecule has 0 radical (unpaired) electrons. The van der Waals surface area contributed by atoms with E-state index < -0.39 is 0 Å². The van der Waals surface area contributed by atoms with E-state index in [4.69, 9.17) is 4.74 Å². The molecule has 17 heavy (non-hydrogen) atoms. The van der Waals surface area contributed by atoms with Crippen molar-refractivity contribution in [3.8, 4) is 0 Å². The zero-order valence-electron chi connectivity index (χ0n) is 11.3. The van der Waals surface area contributed by atoms with E-state index in [2.05, 4.69) is 37.4 Å². The van der Waals surface area contributed by atoms with Gasteiger partial charge in [-0.1, -0.05) is 20.8 Å². The van der Waals surface area contributed by atoms with Gasteiger partial charge in [0.2, 0.25) is 0 Å². The Balaban J connectivity index is 2.12. The van der Waals surface area contributed by atoms with Crippen LogP contribution in [0.4, 0.5) is 0 Å². The Labute approximate surface area is 104 Å². The molecule has 1 heterocycles. The van der Waals surface area contributed by atoms with Crippen LogP contribution in [-0.4, -0.2) is 29.5 Å². The third-order valence-corrected chi connectivity index (χ3v) is 2.57. The van der Waals surface area contributed by atoms with Crippen molar-refractivity contribution < 1.29 is 4.74 Å². The summed E-state index contributed by atoms with van der Waals surface area (Å²) in [6, 6.07) is 0. The minimum atomic E-state index is 0.714. The molecule has 0 aliphatic carbocycles. The summed E-state index contributed by atoms with van der Waals surface area (Å²) in [5.41, 5.74) is 1.23. The first-order valence-electron chi connectivity index (χ1n) is 6.52. The maximum atomic E-state index is 5.56. The van der Waals surface area contributed by atoms with Gasteiger partial charge in [-0.2, -0.15) is 5.10 Å². The van der Waals surface area contributed by atoms with Crippen molar-refractivity contribution in [2.75, 3.05) is 19.8 Å². The zero-order chi connectivity index (χ0) is 12.5. The van der Waals surface area contributed by atoms with Gasteiger partial charge in [-0.15, -0.1) is 0 Å². The van der Waals surface area contributed by atoms with E-state index in [-0.39, 0.29) is 0 Å². The van der Waals surface area contributed by atoms with Crippen molar-refractivity contribution in [1.82, 2.24) is 15.1 Å². The molecule has 0 bridgehead atoms. The maximum absolute atomic E-state index is 5.56. The van der Waals surface area contributed by atoms with Crippen LogP contribution in [0.15, 0.2) is 12.4 Å². The second-order valence-electron chi connectivity index (χ2n) is 4.69. The first-order chi connectivity index (χ1) is 8.22. The SMILES string of the molecule is CCNCc1cnn(CCOCCC(C)C)c1. The number of nitrogens with zero attached hydrogens (tertiary/aromatic N) is 2. The molecule has 4 nitrogen and oxygen atoms in total. The van der Waals surface area contributed by atoms with Crippen molar-refractivity contribution in [3.05, 3.63) is 18.0 Å². The average Bonchev–Trinajstić information content (AvgIpc) is 2.73. The fraction of sp³-hybridized carbons (Fsp3) is 0.769. The van der Waals surface area contributed by atoms with Gasteiger partial charge in [0.15, 0.2) is 0 Å². The number of ether oxygens (including phenoxy) is 1. The first kappa shape index (κ1) is 14.2. The van der Waals surface area contributed by atoms with Gasteiger partial charge in [0.25, 0.3) is 0 Å². The minimum absolute atomic E-state index is 0.714. The quantitative estimate of drug-likeness (QED) is 0.670. The van der Waals surface area contributed by atoms with Crippen LogP contribution >= 0.6 is 0 Å². The van der Waals surface area contributed by atoms with Crippen LogP contribution in [0.2, 0.25) is 0 Å². The molecule has 1 aromatic heterocycles. The van der Waals surface area contributed by atoms with Crippen LogP contribution in [0.25, 0.3) is 0 Å². The smallest absolute Gasteiger partial charge is 0.0662 e. The number of rotatable bonds is 9. The predicted octanol–water partition coefficient (Wildman–Crippen LogP) is 2.06. The molecule has 0 spiro atoms. The Morgan fingerprint density at radius 2 is 2.24 bits per heavy atom. The standard InChI is InChI=1S/C13H25N3O/c1-4-14-9-13-10-15-16(11-13)6-8-17-7-5-12(2)3/h10-12,14H,4-9H2,1-3H3. The van der Waals surface area contributed by atoms with Gasteiger partial charge < -0.3 is 10.1 Å². The molecule has 0 fully saturated rings. The molecule has 0 saturated carbocycles. The molecule has 0 aliphatic heterocycles. The summed E-state index contributed by atoms with van der Waals surface area (Å²) in [5, 5.41) is 7.58. The van der Waals surface area contributed by atoms with Crippen molar-refractivity contribution in [3.63, 3.8) is 0 Å². The van der Waals surface area contributed by atoms with Gasteiger partial charge in [-0.05, 0) is 18.9 Å². The normalized spacial score (nSPS) is 11.3. The molecule has 0 atom stereocenters. The zero-order valence-corrected chi connectivity index (χ0v) is 11.3. The summed E-state index contributed by atoms with van der Waals surface area (Å²) in [6.45, 7) is 10.8. The van der Waals surface area contributed by atoms with Crippen molar-refractivity contribution in [2.45, 2.75) is 40.3 Å². The van der Waals surface area contributed by atoms with Gasteiger partial charge in [-0.3, -0.25) is 4.68 Å². The van der Waals surface area contributed by atoms with Crippen LogP contribution in [-0.2, 0) is 17.8 Å². The van der Waals surface area contributed by atoms with Gasteiger partial charge in [0.1, 0.15) is 0 Å². The summed E-state index contributed by atoms with van der Waals surface area (Å²) < 4.78 is 7.51. The van der Waals surface area contributed by atoms with E-state index >= 15 is 0 Å². The molecule has 0 aliphatic rings. The average molecular weight is 239 g/mol. The highest BCUT2D eigenvalue weighted by molar-refractivity contribution is 5.03. The van der Waals surface area contributed by atoms with Crippen LogP contribution in [0.1, 0.15) is 32.8 Å². The lowest BCUT2D eigenvalue weighted by Gasteiger charge is -2.06. The summed E-state index contributed by atoms with van der Waals surface area (Å²) in [6.07, 6.45) is 5.12. The molecule has 1 rings (SSSR count). The molecule has 0 aromatic carbocycles. The molecule has 0 saturated heterocycles. The summed E-state index contributed by atoms with van der Waals surface area (Å²) >= 11 is 0. The molecule has 4 heteroatoms. The summed E-state index contributed by atoms with van der Waals surface area (Å²) in [7, 11) is 0. The Morgan fingerprint density at radius 1 is 1.41 bits per heavy atom. The lowest BCUT2D eigenvalue weighted by atomic mass is 10.1. The van der Waals surface area contributed by atoms with Crippen molar-refractivity contribution >= 4 is 0 Å². The molecular weight excluding hydrogens is 214 g/mol. The molecule has 0 amide bonds. The van der Waals surface area contributed by atoms with Crippen molar-refractivity contribution in [1.29, 1.82) is 0 Å². The van der Waals surface area contributed by atoms with E-state index in [1.54, 1.807) is 0 Å². The lowest BCUT2D eigenvalue weighted by molar-refractivity contribution is 0.114. The van der Waals surface area contributed by atoms with E-state index in [0.29, 0.717) is 5.92 Å². The second-order valence-corrected chi connectivity index (χ2v) is 4.69. The third kappa shape index (κ3) is 6.44. The molecule has 98 valence electrons. The lowest BCUT2D eigenvalue weighted by Crippen LogP contribution is -2.11. The number of aromatic nitrogens is 2. The van der Waals surface area contributed by atoms with E-state index in [9.17, 15) is 0 Å².